The fraction of sp³-hybridized carbons (Fsp3) is 0.273. The summed E-state index contributed by atoms with van der Waals surface area (Å²) in [5, 5.41) is 1.17. The predicted molar refractivity (Wildman–Crippen MR) is 109 cm³/mol. The van der Waals surface area contributed by atoms with Crippen molar-refractivity contribution in [1.82, 2.24) is 14.9 Å². The first-order valence-electron chi connectivity index (χ1n) is 9.56. The highest BCUT2D eigenvalue weighted by molar-refractivity contribution is 7.18. The third kappa shape index (κ3) is 3.45. The number of nitrogens with zero attached hydrogens (tertiary/aromatic N) is 3. The smallest absolute Gasteiger partial charge is 0.209 e. The van der Waals surface area contributed by atoms with Crippen molar-refractivity contribution < 1.29 is 8.81 Å². The van der Waals surface area contributed by atoms with E-state index in [0.717, 1.165) is 24.0 Å². The van der Waals surface area contributed by atoms with Crippen LogP contribution >= 0.6 is 11.3 Å². The van der Waals surface area contributed by atoms with Gasteiger partial charge in [0.05, 0.1) is 29.0 Å². The quantitative estimate of drug-likeness (QED) is 0.438. The van der Waals surface area contributed by atoms with Gasteiger partial charge in [-0.2, -0.15) is 0 Å². The third-order valence-electron chi connectivity index (χ3n) is 5.23. The van der Waals surface area contributed by atoms with Gasteiger partial charge in [0, 0.05) is 5.56 Å². The van der Waals surface area contributed by atoms with E-state index in [4.69, 9.17) is 9.40 Å². The maximum absolute atomic E-state index is 13.1. The van der Waals surface area contributed by atoms with Crippen molar-refractivity contribution in [1.29, 1.82) is 0 Å². The molecule has 1 aliphatic rings. The van der Waals surface area contributed by atoms with Gasteiger partial charge in [0.15, 0.2) is 5.76 Å². The molecule has 2 aromatic heterocycles. The van der Waals surface area contributed by atoms with Crippen LogP contribution in [0, 0.1) is 5.82 Å². The number of benzene rings is 2. The minimum atomic E-state index is -0.254. The fourth-order valence-corrected chi connectivity index (χ4v) is 4.93. The molecule has 2 aromatic carbocycles. The molecule has 0 N–H and O–H groups in total. The Morgan fingerprint density at radius 1 is 1.11 bits per heavy atom. The Kier molecular flexibility index (Phi) is 4.66. The first kappa shape index (κ1) is 17.5. The molecule has 0 spiro atoms. The van der Waals surface area contributed by atoms with Crippen molar-refractivity contribution in [3.63, 3.8) is 0 Å². The number of thiazole rings is 1. The molecule has 0 bridgehead atoms. The van der Waals surface area contributed by atoms with Gasteiger partial charge in [0.1, 0.15) is 10.8 Å². The highest BCUT2D eigenvalue weighted by atomic mass is 32.1. The van der Waals surface area contributed by atoms with Crippen LogP contribution in [0.4, 0.5) is 4.39 Å². The van der Waals surface area contributed by atoms with E-state index in [0.29, 0.717) is 24.2 Å². The number of halogens is 1. The van der Waals surface area contributed by atoms with Gasteiger partial charge in [-0.05, 0) is 55.8 Å². The van der Waals surface area contributed by atoms with E-state index in [1.807, 2.05) is 6.07 Å². The maximum Gasteiger partial charge on any atom is 0.209 e. The summed E-state index contributed by atoms with van der Waals surface area (Å²) >= 11 is 1.78. The molecule has 1 aliphatic heterocycles. The minimum Gasteiger partial charge on any atom is -0.439 e. The lowest BCUT2D eigenvalue weighted by atomic mass is 10.0. The van der Waals surface area contributed by atoms with Crippen molar-refractivity contribution in [2.24, 2.45) is 0 Å². The van der Waals surface area contributed by atoms with Crippen molar-refractivity contribution >= 4 is 21.6 Å². The Balaban J connectivity index is 1.38. The lowest BCUT2D eigenvalue weighted by Gasteiger charge is -2.33. The van der Waals surface area contributed by atoms with Gasteiger partial charge < -0.3 is 4.42 Å². The van der Waals surface area contributed by atoms with Gasteiger partial charge in [-0.3, -0.25) is 4.90 Å². The summed E-state index contributed by atoms with van der Waals surface area (Å²) in [5.74, 6) is 1.10. The molecule has 6 heteroatoms. The van der Waals surface area contributed by atoms with Gasteiger partial charge >= 0.3 is 0 Å². The van der Waals surface area contributed by atoms with Gasteiger partial charge in [-0.25, -0.2) is 14.4 Å². The zero-order valence-corrected chi connectivity index (χ0v) is 16.2. The van der Waals surface area contributed by atoms with Crippen LogP contribution in [-0.4, -0.2) is 21.4 Å². The van der Waals surface area contributed by atoms with E-state index in [2.05, 4.69) is 28.1 Å². The Bertz CT molecular complexity index is 1060. The molecule has 0 aliphatic carbocycles. The van der Waals surface area contributed by atoms with Crippen LogP contribution in [0.1, 0.15) is 36.2 Å². The van der Waals surface area contributed by atoms with Crippen LogP contribution in [0.25, 0.3) is 21.5 Å². The molecule has 1 saturated heterocycles. The Morgan fingerprint density at radius 2 is 1.96 bits per heavy atom. The molecule has 1 atom stereocenters. The van der Waals surface area contributed by atoms with Crippen molar-refractivity contribution in [2.75, 3.05) is 6.54 Å². The van der Waals surface area contributed by atoms with Crippen molar-refractivity contribution in [3.8, 4) is 11.3 Å². The van der Waals surface area contributed by atoms with Gasteiger partial charge in [0.25, 0.3) is 0 Å². The number of para-hydroxylation sites is 1. The highest BCUT2D eigenvalue weighted by Crippen LogP contribution is 2.36. The molecule has 0 radical (unpaired) electrons. The van der Waals surface area contributed by atoms with Crippen LogP contribution in [0.2, 0.25) is 0 Å². The first-order chi connectivity index (χ1) is 13.8. The fourth-order valence-electron chi connectivity index (χ4n) is 3.80. The number of likely N-dealkylation sites (tertiary alicyclic amines) is 1. The molecular formula is C22H20FN3OS. The zero-order chi connectivity index (χ0) is 18.9. The minimum absolute atomic E-state index is 0.254. The zero-order valence-electron chi connectivity index (χ0n) is 15.3. The highest BCUT2D eigenvalue weighted by Gasteiger charge is 2.28. The molecule has 142 valence electrons. The number of oxazole rings is 1. The summed E-state index contributed by atoms with van der Waals surface area (Å²) in [6.07, 6.45) is 5.21. The van der Waals surface area contributed by atoms with Gasteiger partial charge in [-0.1, -0.05) is 18.6 Å². The topological polar surface area (TPSA) is 42.2 Å². The average Bonchev–Trinajstić information content (AvgIpc) is 3.36. The Morgan fingerprint density at radius 3 is 2.82 bits per heavy atom. The van der Waals surface area contributed by atoms with Gasteiger partial charge in [-0.15, -0.1) is 11.3 Å². The molecule has 5 rings (SSSR count). The van der Waals surface area contributed by atoms with E-state index in [1.165, 1.54) is 34.7 Å². The van der Waals surface area contributed by atoms with Crippen molar-refractivity contribution in [3.05, 3.63) is 71.4 Å². The lowest BCUT2D eigenvalue weighted by molar-refractivity contribution is 0.128. The summed E-state index contributed by atoms with van der Waals surface area (Å²) in [7, 11) is 0. The standard InChI is InChI=1S/C22H20FN3OS/c23-16-10-8-15(9-11-16)19-13-24-21(27-19)14-26-12-4-3-6-18(26)22-25-17-5-1-2-7-20(17)28-22/h1-2,5,7-11,13,18H,3-4,6,12,14H2/t18-/m0/s1. The molecule has 1 fully saturated rings. The number of aromatic nitrogens is 2. The number of fused-ring (bicyclic) bond motifs is 1. The summed E-state index contributed by atoms with van der Waals surface area (Å²) in [6.45, 7) is 1.66. The van der Waals surface area contributed by atoms with E-state index in [-0.39, 0.29) is 5.82 Å². The van der Waals surface area contributed by atoms with Crippen LogP contribution in [-0.2, 0) is 6.54 Å². The van der Waals surface area contributed by atoms with Gasteiger partial charge in [0.2, 0.25) is 5.89 Å². The normalized spacial score (nSPS) is 18.0. The number of rotatable bonds is 4. The lowest BCUT2D eigenvalue weighted by Crippen LogP contribution is -2.32. The average molecular weight is 393 g/mol. The molecule has 4 nitrogen and oxygen atoms in total. The third-order valence-corrected chi connectivity index (χ3v) is 6.37. The predicted octanol–water partition coefficient (Wildman–Crippen LogP) is 5.82. The largest absolute Gasteiger partial charge is 0.439 e. The SMILES string of the molecule is Fc1ccc(-c2cnc(CN3CCCC[C@H]3c3nc4ccccc4s3)o2)cc1. The summed E-state index contributed by atoms with van der Waals surface area (Å²) < 4.78 is 20.3. The monoisotopic (exact) mass is 393 g/mol. The molecule has 0 amide bonds. The molecule has 4 aromatic rings. The van der Waals surface area contributed by atoms with Crippen molar-refractivity contribution in [2.45, 2.75) is 31.8 Å². The second-order valence-corrected chi connectivity index (χ2v) is 8.19. The van der Waals surface area contributed by atoms with E-state index in [9.17, 15) is 4.39 Å². The van der Waals surface area contributed by atoms with Crippen LogP contribution < -0.4 is 0 Å². The van der Waals surface area contributed by atoms with E-state index >= 15 is 0 Å². The van der Waals surface area contributed by atoms with Crippen LogP contribution in [0.5, 0.6) is 0 Å². The summed E-state index contributed by atoms with van der Waals surface area (Å²) in [6, 6.07) is 14.9. The Hall–Kier alpha value is -2.57. The second-order valence-electron chi connectivity index (χ2n) is 7.13. The van der Waals surface area contributed by atoms with Crippen LogP contribution in [0.3, 0.4) is 0 Å². The summed E-state index contributed by atoms with van der Waals surface area (Å²) in [4.78, 5) is 11.8. The maximum atomic E-state index is 13.1. The molecule has 0 saturated carbocycles. The number of hydrogen-bond donors (Lipinski definition) is 0. The second kappa shape index (κ2) is 7.45. The molecule has 3 heterocycles. The van der Waals surface area contributed by atoms with Crippen LogP contribution in [0.15, 0.2) is 59.1 Å². The summed E-state index contributed by atoms with van der Waals surface area (Å²) in [5.41, 5.74) is 1.91. The Labute approximate surface area is 166 Å². The number of piperidine rings is 1. The molecular weight excluding hydrogens is 373 g/mol. The number of hydrogen-bond acceptors (Lipinski definition) is 5. The van der Waals surface area contributed by atoms with E-state index < -0.39 is 0 Å². The molecule has 0 unspecified atom stereocenters. The van der Waals surface area contributed by atoms with E-state index in [1.54, 1.807) is 29.7 Å². The molecule has 28 heavy (non-hydrogen) atoms. The first-order valence-corrected chi connectivity index (χ1v) is 10.4.